The van der Waals surface area contributed by atoms with E-state index in [1.165, 1.54) is 0 Å². The summed E-state index contributed by atoms with van der Waals surface area (Å²) in [5.41, 5.74) is 2.66. The van der Waals surface area contributed by atoms with Crippen LogP contribution in [0.5, 0.6) is 0 Å². The summed E-state index contributed by atoms with van der Waals surface area (Å²) in [5.74, 6) is 0. The third kappa shape index (κ3) is 3.03. The zero-order valence-electron chi connectivity index (χ0n) is 11.9. The van der Waals surface area contributed by atoms with Crippen molar-refractivity contribution in [2.45, 2.75) is 26.0 Å². The van der Waals surface area contributed by atoms with Gasteiger partial charge in [0.1, 0.15) is 6.10 Å². The van der Waals surface area contributed by atoms with E-state index >= 15 is 0 Å². The van der Waals surface area contributed by atoms with E-state index in [2.05, 4.69) is 10.2 Å². The van der Waals surface area contributed by atoms with Crippen LogP contribution in [0.3, 0.4) is 0 Å². The Kier molecular flexibility index (Phi) is 3.83. The van der Waals surface area contributed by atoms with E-state index in [4.69, 9.17) is 0 Å². The van der Waals surface area contributed by atoms with Crippen LogP contribution in [0.4, 0.5) is 0 Å². The molecule has 0 saturated heterocycles. The Morgan fingerprint density at radius 3 is 2.71 bits per heavy atom. The fourth-order valence-electron chi connectivity index (χ4n) is 2.25. The molecule has 0 radical (unpaired) electrons. The number of hydrogen-bond acceptors (Lipinski definition) is 3. The van der Waals surface area contributed by atoms with Gasteiger partial charge in [-0.25, -0.2) is 4.68 Å². The van der Waals surface area contributed by atoms with Crippen LogP contribution in [0.15, 0.2) is 55.0 Å². The number of aliphatic hydroxyl groups is 1. The van der Waals surface area contributed by atoms with Gasteiger partial charge in [-0.2, -0.15) is 10.2 Å². The van der Waals surface area contributed by atoms with Crippen molar-refractivity contribution < 1.29 is 5.11 Å². The van der Waals surface area contributed by atoms with Crippen molar-refractivity contribution >= 4 is 0 Å². The highest BCUT2D eigenvalue weighted by molar-refractivity contribution is 5.30. The van der Waals surface area contributed by atoms with Crippen LogP contribution in [0, 0.1) is 0 Å². The molecule has 0 bridgehead atoms. The average molecular weight is 282 g/mol. The highest BCUT2D eigenvalue weighted by Gasteiger charge is 2.13. The zero-order chi connectivity index (χ0) is 14.7. The Morgan fingerprint density at radius 2 is 2.00 bits per heavy atom. The first-order valence-corrected chi connectivity index (χ1v) is 7.06. The predicted molar refractivity (Wildman–Crippen MR) is 80.1 cm³/mol. The molecule has 0 aliphatic heterocycles. The van der Waals surface area contributed by atoms with Crippen molar-refractivity contribution in [1.82, 2.24) is 19.6 Å². The third-order valence-corrected chi connectivity index (χ3v) is 3.41. The van der Waals surface area contributed by atoms with Gasteiger partial charge in [0.2, 0.25) is 0 Å². The fourth-order valence-corrected chi connectivity index (χ4v) is 2.25. The summed E-state index contributed by atoms with van der Waals surface area (Å²) in [6.07, 6.45) is 5.51. The molecule has 5 nitrogen and oxygen atoms in total. The van der Waals surface area contributed by atoms with Gasteiger partial charge in [0.05, 0.1) is 17.6 Å². The molecule has 108 valence electrons. The van der Waals surface area contributed by atoms with Gasteiger partial charge in [-0.05, 0) is 30.7 Å². The van der Waals surface area contributed by atoms with Crippen molar-refractivity contribution in [3.8, 4) is 5.69 Å². The number of aromatic nitrogens is 4. The van der Waals surface area contributed by atoms with Gasteiger partial charge in [-0.3, -0.25) is 4.68 Å². The second kappa shape index (κ2) is 5.93. The minimum atomic E-state index is -0.621. The lowest BCUT2D eigenvalue weighted by molar-refractivity contribution is 0.173. The summed E-state index contributed by atoms with van der Waals surface area (Å²) in [5, 5.41) is 19.0. The van der Waals surface area contributed by atoms with Crippen LogP contribution >= 0.6 is 0 Å². The Hall–Kier alpha value is -2.40. The number of rotatable bonds is 5. The largest absolute Gasteiger partial charge is 0.386 e. The van der Waals surface area contributed by atoms with Gasteiger partial charge in [-0.1, -0.05) is 18.2 Å². The van der Waals surface area contributed by atoms with E-state index in [1.54, 1.807) is 10.9 Å². The molecule has 0 saturated carbocycles. The maximum atomic E-state index is 10.3. The fraction of sp³-hybridized carbons (Fsp3) is 0.250. The minimum absolute atomic E-state index is 0.520. The van der Waals surface area contributed by atoms with Gasteiger partial charge in [-0.15, -0.1) is 0 Å². The third-order valence-electron chi connectivity index (χ3n) is 3.41. The molecular weight excluding hydrogens is 264 g/mol. The lowest BCUT2D eigenvalue weighted by Gasteiger charge is -2.06. The number of aryl methyl sites for hydroxylation is 1. The number of hydrogen-bond donors (Lipinski definition) is 1. The molecule has 0 fully saturated rings. The van der Waals surface area contributed by atoms with Crippen molar-refractivity contribution in [2.75, 3.05) is 0 Å². The lowest BCUT2D eigenvalue weighted by atomic mass is 10.1. The number of benzene rings is 1. The molecule has 1 N–H and O–H groups in total. The molecule has 3 rings (SSSR count). The quantitative estimate of drug-likeness (QED) is 0.781. The molecule has 1 aromatic carbocycles. The maximum absolute atomic E-state index is 10.3. The molecule has 3 aromatic rings. The zero-order valence-corrected chi connectivity index (χ0v) is 11.9. The molecule has 0 aliphatic rings. The van der Waals surface area contributed by atoms with Gasteiger partial charge in [0, 0.05) is 25.4 Å². The molecule has 2 heterocycles. The molecule has 1 unspecified atom stereocenters. The van der Waals surface area contributed by atoms with E-state index in [1.807, 2.05) is 60.4 Å². The van der Waals surface area contributed by atoms with Crippen molar-refractivity contribution in [3.05, 3.63) is 66.2 Å². The molecular formula is C16H18N4O. The minimum Gasteiger partial charge on any atom is -0.386 e. The lowest BCUT2D eigenvalue weighted by Crippen LogP contribution is -2.04. The molecule has 0 aliphatic carbocycles. The van der Waals surface area contributed by atoms with E-state index < -0.39 is 6.10 Å². The molecule has 0 spiro atoms. The van der Waals surface area contributed by atoms with Crippen molar-refractivity contribution in [2.24, 2.45) is 0 Å². The van der Waals surface area contributed by atoms with E-state index in [-0.39, 0.29) is 0 Å². The molecule has 0 amide bonds. The highest BCUT2D eigenvalue weighted by atomic mass is 16.3. The predicted octanol–water partition coefficient (Wildman–Crippen LogP) is 2.36. The van der Waals surface area contributed by atoms with E-state index in [0.29, 0.717) is 12.1 Å². The van der Waals surface area contributed by atoms with E-state index in [9.17, 15) is 5.11 Å². The van der Waals surface area contributed by atoms with Crippen LogP contribution in [-0.4, -0.2) is 24.7 Å². The summed E-state index contributed by atoms with van der Waals surface area (Å²) < 4.78 is 3.62. The number of nitrogens with zero attached hydrogens (tertiary/aromatic N) is 4. The molecule has 21 heavy (non-hydrogen) atoms. The Morgan fingerprint density at radius 1 is 1.19 bits per heavy atom. The maximum Gasteiger partial charge on any atom is 0.102 e. The van der Waals surface area contributed by atoms with Crippen LogP contribution in [-0.2, 0) is 13.0 Å². The standard InChI is InChI=1S/C16H18N4O/c1-2-19-12-13(11-17-19)10-16(21)15-8-9-20(18-15)14-6-4-3-5-7-14/h3-9,11-12,16,21H,2,10H2,1H3. The summed E-state index contributed by atoms with van der Waals surface area (Å²) in [6, 6.07) is 11.7. The number of aliphatic hydroxyl groups excluding tert-OH is 1. The smallest absolute Gasteiger partial charge is 0.102 e. The molecule has 5 heteroatoms. The first-order chi connectivity index (χ1) is 10.3. The van der Waals surface area contributed by atoms with Crippen LogP contribution in [0.2, 0.25) is 0 Å². The van der Waals surface area contributed by atoms with Gasteiger partial charge < -0.3 is 5.11 Å². The van der Waals surface area contributed by atoms with Crippen LogP contribution < -0.4 is 0 Å². The highest BCUT2D eigenvalue weighted by Crippen LogP contribution is 2.17. The number of para-hydroxylation sites is 1. The van der Waals surface area contributed by atoms with Gasteiger partial charge >= 0.3 is 0 Å². The average Bonchev–Trinajstić information content (AvgIpc) is 3.17. The Balaban J connectivity index is 1.73. The van der Waals surface area contributed by atoms with Gasteiger partial charge in [0.25, 0.3) is 0 Å². The van der Waals surface area contributed by atoms with Crippen LogP contribution in [0.25, 0.3) is 5.69 Å². The Bertz CT molecular complexity index is 702. The first-order valence-electron chi connectivity index (χ1n) is 7.06. The monoisotopic (exact) mass is 282 g/mol. The summed E-state index contributed by atoms with van der Waals surface area (Å²) >= 11 is 0. The SMILES string of the molecule is CCn1cc(CC(O)c2ccn(-c3ccccc3)n2)cn1. The summed E-state index contributed by atoms with van der Waals surface area (Å²) in [7, 11) is 0. The normalized spacial score (nSPS) is 12.5. The van der Waals surface area contributed by atoms with Crippen LogP contribution in [0.1, 0.15) is 24.3 Å². The Labute approximate surface area is 123 Å². The topological polar surface area (TPSA) is 55.9 Å². The van der Waals surface area contributed by atoms with E-state index in [0.717, 1.165) is 17.8 Å². The molecule has 2 aromatic heterocycles. The van der Waals surface area contributed by atoms with Crippen molar-refractivity contribution in [1.29, 1.82) is 0 Å². The molecule has 1 atom stereocenters. The summed E-state index contributed by atoms with van der Waals surface area (Å²) in [6.45, 7) is 2.87. The first kappa shape index (κ1) is 13.6. The second-order valence-corrected chi connectivity index (χ2v) is 4.94. The van der Waals surface area contributed by atoms with Gasteiger partial charge in [0.15, 0.2) is 0 Å². The van der Waals surface area contributed by atoms with Crippen molar-refractivity contribution in [3.63, 3.8) is 0 Å². The second-order valence-electron chi connectivity index (χ2n) is 4.94. The summed E-state index contributed by atoms with van der Waals surface area (Å²) in [4.78, 5) is 0.